The van der Waals surface area contributed by atoms with Gasteiger partial charge in [0, 0.05) is 18.5 Å². The summed E-state index contributed by atoms with van der Waals surface area (Å²) in [5.74, 6) is 1.46. The number of rotatable bonds is 1. The molecule has 1 unspecified atom stereocenters. The van der Waals surface area contributed by atoms with Crippen molar-refractivity contribution < 1.29 is 14.6 Å². The van der Waals surface area contributed by atoms with E-state index in [-0.39, 0.29) is 17.6 Å². The third kappa shape index (κ3) is 1.87. The van der Waals surface area contributed by atoms with E-state index < -0.39 is 6.10 Å². The second kappa shape index (κ2) is 5.23. The lowest BCUT2D eigenvalue weighted by Gasteiger charge is -2.35. The summed E-state index contributed by atoms with van der Waals surface area (Å²) in [6, 6.07) is 4.12. The van der Waals surface area contributed by atoms with Crippen molar-refractivity contribution in [2.24, 2.45) is 0 Å². The van der Waals surface area contributed by atoms with Gasteiger partial charge in [-0.3, -0.25) is 4.90 Å². The average Bonchev–Trinajstić information content (AvgIpc) is 2.82. The van der Waals surface area contributed by atoms with Crippen LogP contribution in [0.2, 0.25) is 0 Å². The van der Waals surface area contributed by atoms with Crippen LogP contribution in [0.4, 0.5) is 0 Å². The molecule has 1 aliphatic carbocycles. The Morgan fingerprint density at radius 3 is 3.00 bits per heavy atom. The maximum Gasteiger partial charge on any atom is 0.166 e. The fourth-order valence-corrected chi connectivity index (χ4v) is 4.55. The molecule has 0 bridgehead atoms. The Balaban J connectivity index is 2.05. The van der Waals surface area contributed by atoms with Crippen LogP contribution in [-0.2, 0) is 5.41 Å². The molecule has 2 aliphatic heterocycles. The summed E-state index contributed by atoms with van der Waals surface area (Å²) in [6.45, 7) is 2.83. The van der Waals surface area contributed by atoms with Gasteiger partial charge in [-0.2, -0.15) is 5.26 Å². The Bertz CT molecular complexity index is 767. The van der Waals surface area contributed by atoms with Gasteiger partial charge in [0.2, 0.25) is 0 Å². The summed E-state index contributed by atoms with van der Waals surface area (Å²) in [6.07, 6.45) is 4.80. The van der Waals surface area contributed by atoms with Crippen LogP contribution in [0.3, 0.4) is 0 Å². The molecule has 1 aromatic carbocycles. The van der Waals surface area contributed by atoms with Gasteiger partial charge >= 0.3 is 0 Å². The van der Waals surface area contributed by atoms with Crippen LogP contribution in [-0.4, -0.2) is 42.9 Å². The molecule has 2 heterocycles. The van der Waals surface area contributed by atoms with E-state index in [1.165, 1.54) is 0 Å². The maximum atomic E-state index is 10.1. The van der Waals surface area contributed by atoms with Gasteiger partial charge in [-0.05, 0) is 37.6 Å². The molecular weight excluding hydrogens is 304 g/mol. The summed E-state index contributed by atoms with van der Waals surface area (Å²) >= 11 is 0. The van der Waals surface area contributed by atoms with Crippen LogP contribution in [0.1, 0.15) is 35.6 Å². The first-order valence-corrected chi connectivity index (χ1v) is 8.37. The van der Waals surface area contributed by atoms with Crippen LogP contribution in [0.5, 0.6) is 11.5 Å². The Kier molecular flexibility index (Phi) is 3.38. The van der Waals surface area contributed by atoms with E-state index in [9.17, 15) is 10.4 Å². The van der Waals surface area contributed by atoms with Crippen molar-refractivity contribution >= 4 is 0 Å². The van der Waals surface area contributed by atoms with E-state index in [0.717, 1.165) is 35.4 Å². The lowest BCUT2D eigenvalue weighted by Crippen LogP contribution is -2.42. The highest BCUT2D eigenvalue weighted by molar-refractivity contribution is 5.64. The van der Waals surface area contributed by atoms with E-state index in [2.05, 4.69) is 17.0 Å². The minimum atomic E-state index is -0.488. The molecule has 0 amide bonds. The Hall–Kier alpha value is -2.03. The van der Waals surface area contributed by atoms with Gasteiger partial charge in [0.25, 0.3) is 0 Å². The van der Waals surface area contributed by atoms with Gasteiger partial charge in [0.15, 0.2) is 11.5 Å². The largest absolute Gasteiger partial charge is 0.493 e. The standard InChI is InChI=1S/C19H22N2O3/c1-11-8-14(23-3)18-17-16(11)13(10-20)21(2)7-6-19(17)5-4-12(22)9-15(19)24-18/h4-5,8,12-13,15,22H,6-7,9H2,1-3H3/t12-,13?,15+,19-/m1/s1. The molecule has 0 fully saturated rings. The maximum absolute atomic E-state index is 10.1. The minimum absolute atomic E-state index is 0.118. The van der Waals surface area contributed by atoms with E-state index in [1.54, 1.807) is 7.11 Å². The first-order valence-electron chi connectivity index (χ1n) is 8.37. The first kappa shape index (κ1) is 15.5. The topological polar surface area (TPSA) is 65.7 Å². The zero-order chi connectivity index (χ0) is 17.1. The number of aliphatic hydroxyl groups is 1. The predicted octanol–water partition coefficient (Wildman–Crippen LogP) is 2.22. The second-order valence-electron chi connectivity index (χ2n) is 7.08. The highest BCUT2D eigenvalue weighted by Crippen LogP contribution is 2.57. The molecule has 126 valence electrons. The minimum Gasteiger partial charge on any atom is -0.493 e. The van der Waals surface area contributed by atoms with Gasteiger partial charge in [0.05, 0.1) is 24.7 Å². The SMILES string of the molecule is COc1cc(C)c2c3c1O[C@H]1C[C@H](O)C=C[C@]31CCN(C)C2C#N. The van der Waals surface area contributed by atoms with Crippen LogP contribution < -0.4 is 9.47 Å². The van der Waals surface area contributed by atoms with Crippen molar-refractivity contribution in [2.75, 3.05) is 20.7 Å². The monoisotopic (exact) mass is 326 g/mol. The summed E-state index contributed by atoms with van der Waals surface area (Å²) < 4.78 is 11.9. The van der Waals surface area contributed by atoms with Crippen LogP contribution in [0, 0.1) is 18.3 Å². The summed E-state index contributed by atoms with van der Waals surface area (Å²) in [7, 11) is 3.64. The van der Waals surface area contributed by atoms with Crippen LogP contribution in [0.25, 0.3) is 0 Å². The van der Waals surface area contributed by atoms with Gasteiger partial charge in [0.1, 0.15) is 12.1 Å². The van der Waals surface area contributed by atoms with Crippen molar-refractivity contribution in [1.82, 2.24) is 4.90 Å². The zero-order valence-electron chi connectivity index (χ0n) is 14.2. The molecule has 1 N–H and O–H groups in total. The van der Waals surface area contributed by atoms with E-state index in [0.29, 0.717) is 12.2 Å². The predicted molar refractivity (Wildman–Crippen MR) is 89.2 cm³/mol. The molecule has 24 heavy (non-hydrogen) atoms. The number of ether oxygens (including phenoxy) is 2. The number of hydrogen-bond donors (Lipinski definition) is 1. The van der Waals surface area contributed by atoms with Crippen molar-refractivity contribution in [3.63, 3.8) is 0 Å². The van der Waals surface area contributed by atoms with Crippen molar-refractivity contribution in [1.29, 1.82) is 5.26 Å². The van der Waals surface area contributed by atoms with Gasteiger partial charge in [-0.15, -0.1) is 0 Å². The fourth-order valence-electron chi connectivity index (χ4n) is 4.55. The molecule has 4 rings (SSSR count). The van der Waals surface area contributed by atoms with Crippen molar-refractivity contribution in [3.05, 3.63) is 34.9 Å². The quantitative estimate of drug-likeness (QED) is 0.802. The number of methoxy groups -OCH3 is 1. The summed E-state index contributed by atoms with van der Waals surface area (Å²) in [5, 5.41) is 19.9. The van der Waals surface area contributed by atoms with Crippen molar-refractivity contribution in [3.8, 4) is 17.6 Å². The Labute approximate surface area is 142 Å². The van der Waals surface area contributed by atoms with Crippen LogP contribution >= 0.6 is 0 Å². The number of benzene rings is 1. The Morgan fingerprint density at radius 1 is 1.50 bits per heavy atom. The third-order valence-corrected chi connectivity index (χ3v) is 5.80. The van der Waals surface area contributed by atoms with Crippen LogP contribution in [0.15, 0.2) is 18.2 Å². The van der Waals surface area contributed by atoms with E-state index in [1.807, 2.05) is 26.1 Å². The first-order chi connectivity index (χ1) is 11.5. The smallest absolute Gasteiger partial charge is 0.166 e. The molecule has 5 nitrogen and oxygen atoms in total. The second-order valence-corrected chi connectivity index (χ2v) is 7.08. The average molecular weight is 326 g/mol. The number of aliphatic hydroxyl groups excluding tert-OH is 1. The molecular formula is C19H22N2O3. The molecule has 3 aliphatic rings. The highest BCUT2D eigenvalue weighted by atomic mass is 16.5. The molecule has 1 spiro atoms. The lowest BCUT2D eigenvalue weighted by atomic mass is 9.68. The number of nitrogens with zero attached hydrogens (tertiary/aromatic N) is 2. The lowest BCUT2D eigenvalue weighted by molar-refractivity contribution is 0.0817. The number of hydrogen-bond acceptors (Lipinski definition) is 5. The molecule has 0 saturated heterocycles. The van der Waals surface area contributed by atoms with Gasteiger partial charge in [-0.1, -0.05) is 12.2 Å². The summed E-state index contributed by atoms with van der Waals surface area (Å²) in [5.41, 5.74) is 2.89. The summed E-state index contributed by atoms with van der Waals surface area (Å²) in [4.78, 5) is 2.11. The number of aryl methyl sites for hydroxylation is 1. The molecule has 4 atom stereocenters. The molecule has 5 heteroatoms. The molecule has 0 radical (unpaired) electrons. The zero-order valence-corrected chi connectivity index (χ0v) is 14.2. The highest BCUT2D eigenvalue weighted by Gasteiger charge is 2.54. The van der Waals surface area contributed by atoms with E-state index in [4.69, 9.17) is 9.47 Å². The molecule has 1 aromatic rings. The van der Waals surface area contributed by atoms with Crippen molar-refractivity contribution in [2.45, 2.75) is 43.4 Å². The fraction of sp³-hybridized carbons (Fsp3) is 0.526. The van der Waals surface area contributed by atoms with Gasteiger partial charge < -0.3 is 14.6 Å². The van der Waals surface area contributed by atoms with Gasteiger partial charge in [-0.25, -0.2) is 0 Å². The molecule has 0 saturated carbocycles. The number of nitriles is 1. The van der Waals surface area contributed by atoms with E-state index >= 15 is 0 Å². The Morgan fingerprint density at radius 2 is 2.29 bits per heavy atom. The molecule has 0 aromatic heterocycles. The normalized spacial score (nSPS) is 33.9. The third-order valence-electron chi connectivity index (χ3n) is 5.80.